The Labute approximate surface area is 134 Å². The van der Waals surface area contributed by atoms with Crippen LogP contribution in [-0.2, 0) is 4.65 Å². The Morgan fingerprint density at radius 1 is 1.09 bits per heavy atom. The van der Waals surface area contributed by atoms with E-state index >= 15 is 0 Å². The summed E-state index contributed by atoms with van der Waals surface area (Å²) in [6, 6.07) is 8.18. The number of aliphatic hydroxyl groups is 2. The average molecular weight is 304 g/mol. The molecule has 0 aromatic heterocycles. The summed E-state index contributed by atoms with van der Waals surface area (Å²) >= 11 is 0. The van der Waals surface area contributed by atoms with Gasteiger partial charge < -0.3 is 19.8 Å². The molecule has 0 unspecified atom stereocenters. The molecule has 1 aromatic carbocycles. The van der Waals surface area contributed by atoms with E-state index in [1.54, 1.807) is 21.3 Å². The van der Waals surface area contributed by atoms with Crippen LogP contribution in [0, 0.1) is 0 Å². The van der Waals surface area contributed by atoms with Crippen molar-refractivity contribution in [2.24, 2.45) is 0 Å². The molecule has 0 saturated carbocycles. The van der Waals surface area contributed by atoms with Gasteiger partial charge in [0.1, 0.15) is 0 Å². The third-order valence-electron chi connectivity index (χ3n) is 4.69. The zero-order valence-corrected chi connectivity index (χ0v) is 14.0. The highest BCUT2D eigenvalue weighted by molar-refractivity contribution is 6.47. The molecular weight excluding hydrogens is 277 g/mol. The Balaban J connectivity index is 1.92. The van der Waals surface area contributed by atoms with E-state index < -0.39 is 11.2 Å². The van der Waals surface area contributed by atoms with Crippen molar-refractivity contribution in [3.8, 4) is 0 Å². The van der Waals surface area contributed by atoms with E-state index in [1.807, 2.05) is 26.0 Å². The summed E-state index contributed by atoms with van der Waals surface area (Å²) in [5.41, 5.74) is 0.566. The molecule has 0 amide bonds. The standard InChI is InChI=1S/C17H27BNO3/c1-16(2,21)17(3,4)22-18-13-5-7-14(8-6-13)19-11-9-15(20)10-12-19/h5-8,15,20-21H,9-12H2,1-4H3. The second kappa shape index (κ2) is 6.61. The van der Waals surface area contributed by atoms with Gasteiger partial charge in [-0.1, -0.05) is 17.6 Å². The molecule has 1 radical (unpaired) electrons. The number of nitrogens with zero attached hydrogens (tertiary/aromatic N) is 1. The third-order valence-corrected chi connectivity index (χ3v) is 4.69. The number of rotatable bonds is 5. The Morgan fingerprint density at radius 2 is 1.64 bits per heavy atom. The van der Waals surface area contributed by atoms with Gasteiger partial charge in [-0.2, -0.15) is 0 Å². The molecule has 1 aromatic rings. The SMILES string of the molecule is CC(C)(O)C(C)(C)O[B]c1ccc(N2CCC(O)CC2)cc1. The largest absolute Gasteiger partial charge is 0.427 e. The van der Waals surface area contributed by atoms with Gasteiger partial charge in [0, 0.05) is 18.8 Å². The molecule has 1 saturated heterocycles. The smallest absolute Gasteiger partial charge is 0.330 e. The summed E-state index contributed by atoms with van der Waals surface area (Å²) in [7, 11) is 1.70. The first-order valence-corrected chi connectivity index (χ1v) is 7.95. The molecular formula is C17H27BNO3. The summed E-state index contributed by atoms with van der Waals surface area (Å²) < 4.78 is 5.76. The number of benzene rings is 1. The molecule has 4 nitrogen and oxygen atoms in total. The minimum atomic E-state index is -0.919. The molecule has 0 aliphatic carbocycles. The number of piperidine rings is 1. The summed E-state index contributed by atoms with van der Waals surface area (Å²) in [5, 5.41) is 19.6. The van der Waals surface area contributed by atoms with Crippen molar-refractivity contribution in [3.63, 3.8) is 0 Å². The minimum absolute atomic E-state index is 0.152. The lowest BCUT2D eigenvalue weighted by Crippen LogP contribution is -2.49. The Bertz CT molecular complexity index is 474. The number of hydrogen-bond acceptors (Lipinski definition) is 4. The molecule has 2 N–H and O–H groups in total. The number of anilines is 1. The predicted molar refractivity (Wildman–Crippen MR) is 90.7 cm³/mol. The predicted octanol–water partition coefficient (Wildman–Crippen LogP) is 1.46. The van der Waals surface area contributed by atoms with Crippen molar-refractivity contribution in [3.05, 3.63) is 24.3 Å². The van der Waals surface area contributed by atoms with E-state index in [-0.39, 0.29) is 6.10 Å². The summed E-state index contributed by atoms with van der Waals surface area (Å²) in [4.78, 5) is 2.29. The van der Waals surface area contributed by atoms with E-state index in [2.05, 4.69) is 17.0 Å². The van der Waals surface area contributed by atoms with Gasteiger partial charge in [0.25, 0.3) is 0 Å². The van der Waals surface area contributed by atoms with Gasteiger partial charge in [-0.15, -0.1) is 0 Å². The van der Waals surface area contributed by atoms with Gasteiger partial charge in [0.15, 0.2) is 0 Å². The van der Waals surface area contributed by atoms with Crippen LogP contribution in [0.2, 0.25) is 0 Å². The van der Waals surface area contributed by atoms with Crippen molar-refractivity contribution in [1.82, 2.24) is 0 Å². The van der Waals surface area contributed by atoms with E-state index in [1.165, 1.54) is 5.69 Å². The molecule has 2 rings (SSSR count). The fourth-order valence-electron chi connectivity index (χ4n) is 2.25. The van der Waals surface area contributed by atoms with Crippen LogP contribution < -0.4 is 10.4 Å². The van der Waals surface area contributed by atoms with Crippen molar-refractivity contribution in [1.29, 1.82) is 0 Å². The second-order valence-electron chi connectivity index (χ2n) is 7.11. The quantitative estimate of drug-likeness (QED) is 0.809. The molecule has 1 aliphatic heterocycles. The first kappa shape index (κ1) is 17.3. The van der Waals surface area contributed by atoms with E-state index in [4.69, 9.17) is 4.65 Å². The van der Waals surface area contributed by atoms with Crippen LogP contribution in [-0.4, -0.2) is 48.1 Å². The summed E-state index contributed by atoms with van der Waals surface area (Å²) in [6.07, 6.45) is 1.51. The first-order valence-electron chi connectivity index (χ1n) is 7.95. The van der Waals surface area contributed by atoms with Crippen molar-refractivity contribution >= 4 is 18.6 Å². The molecule has 1 heterocycles. The fourth-order valence-corrected chi connectivity index (χ4v) is 2.25. The van der Waals surface area contributed by atoms with Crippen LogP contribution >= 0.6 is 0 Å². The lowest BCUT2D eigenvalue weighted by atomic mass is 9.82. The van der Waals surface area contributed by atoms with Gasteiger partial charge in [0.05, 0.1) is 17.3 Å². The van der Waals surface area contributed by atoms with E-state index in [0.29, 0.717) is 0 Å². The monoisotopic (exact) mass is 304 g/mol. The molecule has 0 atom stereocenters. The van der Waals surface area contributed by atoms with Crippen molar-refractivity contribution in [2.45, 2.75) is 57.8 Å². The van der Waals surface area contributed by atoms with Gasteiger partial charge in [-0.25, -0.2) is 0 Å². The maximum Gasteiger partial charge on any atom is 0.330 e. The number of hydrogen-bond donors (Lipinski definition) is 2. The highest BCUT2D eigenvalue weighted by atomic mass is 16.5. The summed E-state index contributed by atoms with van der Waals surface area (Å²) in [6.45, 7) is 9.02. The van der Waals surface area contributed by atoms with Crippen LogP contribution in [0.25, 0.3) is 0 Å². The van der Waals surface area contributed by atoms with Gasteiger partial charge in [-0.3, -0.25) is 0 Å². The lowest BCUT2D eigenvalue weighted by molar-refractivity contribution is -0.0893. The first-order chi connectivity index (χ1) is 10.2. The Kier molecular flexibility index (Phi) is 5.20. The van der Waals surface area contributed by atoms with Crippen molar-refractivity contribution in [2.75, 3.05) is 18.0 Å². The minimum Gasteiger partial charge on any atom is -0.427 e. The molecule has 0 spiro atoms. The molecule has 5 heteroatoms. The van der Waals surface area contributed by atoms with Crippen LogP contribution in [0.4, 0.5) is 5.69 Å². The lowest BCUT2D eigenvalue weighted by Gasteiger charge is -2.37. The van der Waals surface area contributed by atoms with E-state index in [9.17, 15) is 10.2 Å². The zero-order valence-electron chi connectivity index (χ0n) is 14.0. The van der Waals surface area contributed by atoms with E-state index in [0.717, 1.165) is 31.4 Å². The maximum absolute atomic E-state index is 10.1. The highest BCUT2D eigenvalue weighted by Gasteiger charge is 2.35. The summed E-state index contributed by atoms with van der Waals surface area (Å²) in [5.74, 6) is 0. The molecule has 1 aliphatic rings. The molecule has 1 fully saturated rings. The second-order valence-corrected chi connectivity index (χ2v) is 7.11. The fraction of sp³-hybridized carbons (Fsp3) is 0.647. The topological polar surface area (TPSA) is 52.9 Å². The average Bonchev–Trinajstić information content (AvgIpc) is 2.45. The normalized spacial score (nSPS) is 17.6. The van der Waals surface area contributed by atoms with Crippen LogP contribution in [0.15, 0.2) is 24.3 Å². The molecule has 121 valence electrons. The third kappa shape index (κ3) is 4.25. The van der Waals surface area contributed by atoms with Gasteiger partial charge in [-0.05, 0) is 52.7 Å². The molecule has 22 heavy (non-hydrogen) atoms. The zero-order chi connectivity index (χ0) is 16.4. The Morgan fingerprint density at radius 3 is 2.14 bits per heavy atom. The van der Waals surface area contributed by atoms with Crippen LogP contribution in [0.1, 0.15) is 40.5 Å². The van der Waals surface area contributed by atoms with Crippen molar-refractivity contribution < 1.29 is 14.9 Å². The highest BCUT2D eigenvalue weighted by Crippen LogP contribution is 2.24. The van der Waals surface area contributed by atoms with Crippen LogP contribution in [0.3, 0.4) is 0 Å². The van der Waals surface area contributed by atoms with Crippen LogP contribution in [0.5, 0.6) is 0 Å². The van der Waals surface area contributed by atoms with Gasteiger partial charge >= 0.3 is 7.48 Å². The molecule has 0 bridgehead atoms. The maximum atomic E-state index is 10.1. The number of aliphatic hydroxyl groups excluding tert-OH is 1. The Hall–Kier alpha value is -1.04. The van der Waals surface area contributed by atoms with Gasteiger partial charge in [0.2, 0.25) is 0 Å².